The molecule has 1 aromatic heterocycles. The summed E-state index contributed by atoms with van der Waals surface area (Å²) in [6, 6.07) is 1.93. The summed E-state index contributed by atoms with van der Waals surface area (Å²) in [6.07, 6.45) is 3.41. The van der Waals surface area contributed by atoms with E-state index in [1.54, 1.807) is 0 Å². The molecule has 1 fully saturated rings. The Labute approximate surface area is 158 Å². The zero-order valence-electron chi connectivity index (χ0n) is 15.4. The second-order valence-corrected chi connectivity index (χ2v) is 11.8. The average molecular weight is 399 g/mol. The lowest BCUT2D eigenvalue weighted by Gasteiger charge is -2.33. The van der Waals surface area contributed by atoms with Crippen molar-refractivity contribution in [2.24, 2.45) is 17.3 Å². The zero-order valence-corrected chi connectivity index (χ0v) is 17.1. The molecule has 2 atom stereocenters. The van der Waals surface area contributed by atoms with Crippen molar-refractivity contribution in [1.82, 2.24) is 10.9 Å². The van der Waals surface area contributed by atoms with Crippen LogP contribution in [0.15, 0.2) is 6.07 Å². The maximum atomic E-state index is 12.4. The number of rotatable bonds is 2. The number of nitrogens with one attached hydrogen (secondary N) is 2. The summed E-state index contributed by atoms with van der Waals surface area (Å²) in [4.78, 5) is 26.2. The fraction of sp³-hybridized carbons (Fsp3) is 0.667. The standard InChI is InChI=1S/C18H26N2O4S2/c1-18(2,3)13-4-5-14-12(8-13)9-15(25-14)17(22)20-19-16(21)11-6-7-26(23,24)10-11/h9,11,13H,4-8,10H2,1-3H3,(H,19,21)(H,20,22)/t11-,13-/m1/s1. The van der Waals surface area contributed by atoms with Gasteiger partial charge in [0.05, 0.1) is 22.3 Å². The molecule has 2 N–H and O–H groups in total. The van der Waals surface area contributed by atoms with Crippen LogP contribution in [0.2, 0.25) is 0 Å². The van der Waals surface area contributed by atoms with Gasteiger partial charge in [-0.1, -0.05) is 20.8 Å². The molecule has 0 aromatic carbocycles. The fourth-order valence-electron chi connectivity index (χ4n) is 3.66. The Balaban J connectivity index is 1.58. The lowest BCUT2D eigenvalue weighted by atomic mass is 9.72. The molecule has 1 aromatic rings. The Hall–Kier alpha value is -1.41. The third kappa shape index (κ3) is 4.28. The van der Waals surface area contributed by atoms with Gasteiger partial charge >= 0.3 is 0 Å². The summed E-state index contributed by atoms with van der Waals surface area (Å²) >= 11 is 1.48. The van der Waals surface area contributed by atoms with Crippen molar-refractivity contribution < 1.29 is 18.0 Å². The van der Waals surface area contributed by atoms with Crippen molar-refractivity contribution >= 4 is 33.0 Å². The molecular weight excluding hydrogens is 372 g/mol. The molecule has 6 nitrogen and oxygen atoms in total. The van der Waals surface area contributed by atoms with E-state index in [1.165, 1.54) is 21.8 Å². The molecule has 1 aliphatic heterocycles. The van der Waals surface area contributed by atoms with Crippen LogP contribution in [0.25, 0.3) is 0 Å². The summed E-state index contributed by atoms with van der Waals surface area (Å²) in [5, 5.41) is 0. The zero-order chi connectivity index (χ0) is 19.1. The van der Waals surface area contributed by atoms with E-state index in [4.69, 9.17) is 0 Å². The SMILES string of the molecule is CC(C)(C)[C@@H]1CCc2sc(C(=O)NNC(=O)[C@@H]3CCS(=O)(=O)C3)cc2C1. The van der Waals surface area contributed by atoms with E-state index >= 15 is 0 Å². The molecule has 2 heterocycles. The van der Waals surface area contributed by atoms with Crippen molar-refractivity contribution in [3.05, 3.63) is 21.4 Å². The van der Waals surface area contributed by atoms with Gasteiger partial charge in [0.1, 0.15) is 0 Å². The highest BCUT2D eigenvalue weighted by atomic mass is 32.2. The number of sulfone groups is 1. The number of carbonyl (C=O) groups excluding carboxylic acids is 2. The first-order valence-electron chi connectivity index (χ1n) is 8.97. The molecule has 2 aliphatic rings. The Bertz CT molecular complexity index is 821. The van der Waals surface area contributed by atoms with Gasteiger partial charge in [-0.3, -0.25) is 20.4 Å². The van der Waals surface area contributed by atoms with Gasteiger partial charge in [-0.05, 0) is 48.6 Å². The highest BCUT2D eigenvalue weighted by Gasteiger charge is 2.33. The molecule has 144 valence electrons. The Kier molecular flexibility index (Phi) is 5.18. The largest absolute Gasteiger partial charge is 0.279 e. The van der Waals surface area contributed by atoms with Crippen LogP contribution in [0.5, 0.6) is 0 Å². The van der Waals surface area contributed by atoms with Crippen LogP contribution in [0.1, 0.15) is 53.7 Å². The molecule has 0 spiro atoms. The van der Waals surface area contributed by atoms with Crippen LogP contribution >= 0.6 is 11.3 Å². The van der Waals surface area contributed by atoms with Crippen LogP contribution in [0.4, 0.5) is 0 Å². The van der Waals surface area contributed by atoms with Crippen LogP contribution in [0, 0.1) is 17.3 Å². The Morgan fingerprint density at radius 1 is 1.19 bits per heavy atom. The molecular formula is C18H26N2O4S2. The summed E-state index contributed by atoms with van der Waals surface area (Å²) < 4.78 is 22.9. The molecule has 0 saturated carbocycles. The molecule has 2 amide bonds. The van der Waals surface area contributed by atoms with Crippen LogP contribution in [-0.4, -0.2) is 31.7 Å². The average Bonchev–Trinajstić information content (AvgIpc) is 3.13. The summed E-state index contributed by atoms with van der Waals surface area (Å²) in [6.45, 7) is 6.75. The number of hydrazine groups is 1. The maximum Gasteiger partial charge on any atom is 0.279 e. The van der Waals surface area contributed by atoms with Gasteiger partial charge < -0.3 is 0 Å². The number of amides is 2. The lowest BCUT2D eigenvalue weighted by Crippen LogP contribution is -2.44. The minimum atomic E-state index is -3.12. The third-order valence-electron chi connectivity index (χ3n) is 5.43. The maximum absolute atomic E-state index is 12.4. The van der Waals surface area contributed by atoms with Crippen molar-refractivity contribution in [1.29, 1.82) is 0 Å². The van der Waals surface area contributed by atoms with E-state index in [2.05, 4.69) is 31.6 Å². The highest BCUT2D eigenvalue weighted by molar-refractivity contribution is 7.91. The minimum absolute atomic E-state index is 0.0334. The summed E-state index contributed by atoms with van der Waals surface area (Å²) in [5.41, 5.74) is 6.29. The number of hydrogen-bond acceptors (Lipinski definition) is 5. The van der Waals surface area contributed by atoms with E-state index in [1.807, 2.05) is 6.07 Å². The van der Waals surface area contributed by atoms with E-state index < -0.39 is 21.7 Å². The van der Waals surface area contributed by atoms with Gasteiger partial charge in [0.15, 0.2) is 9.84 Å². The topological polar surface area (TPSA) is 92.3 Å². The smallest absolute Gasteiger partial charge is 0.273 e. The normalized spacial score (nSPS) is 24.7. The number of thiophene rings is 1. The third-order valence-corrected chi connectivity index (χ3v) is 8.44. The molecule has 3 rings (SSSR count). The number of aryl methyl sites for hydroxylation is 1. The van der Waals surface area contributed by atoms with Gasteiger partial charge in [0.2, 0.25) is 5.91 Å². The van der Waals surface area contributed by atoms with Crippen molar-refractivity contribution in [3.8, 4) is 0 Å². The van der Waals surface area contributed by atoms with Crippen molar-refractivity contribution in [2.45, 2.75) is 46.5 Å². The first-order valence-corrected chi connectivity index (χ1v) is 11.6. The van der Waals surface area contributed by atoms with E-state index in [0.717, 1.165) is 19.3 Å². The number of carbonyl (C=O) groups is 2. The van der Waals surface area contributed by atoms with E-state index in [0.29, 0.717) is 17.2 Å². The predicted octanol–water partition coefficient (Wildman–Crippen LogP) is 2.09. The second-order valence-electron chi connectivity index (χ2n) is 8.41. The van der Waals surface area contributed by atoms with Crippen molar-refractivity contribution in [3.63, 3.8) is 0 Å². The molecule has 1 saturated heterocycles. The predicted molar refractivity (Wildman–Crippen MR) is 102 cm³/mol. The Morgan fingerprint density at radius 2 is 1.92 bits per heavy atom. The molecule has 8 heteroatoms. The van der Waals surface area contributed by atoms with Gasteiger partial charge in [-0.2, -0.15) is 0 Å². The van der Waals surface area contributed by atoms with Crippen LogP contribution < -0.4 is 10.9 Å². The summed E-state index contributed by atoms with van der Waals surface area (Å²) in [7, 11) is -3.12. The van der Waals surface area contributed by atoms with Gasteiger partial charge in [0, 0.05) is 4.88 Å². The van der Waals surface area contributed by atoms with Gasteiger partial charge in [-0.15, -0.1) is 11.3 Å². The van der Waals surface area contributed by atoms with Gasteiger partial charge in [-0.25, -0.2) is 8.42 Å². The fourth-order valence-corrected chi connectivity index (χ4v) is 6.50. The number of fused-ring (bicyclic) bond motifs is 1. The molecule has 0 radical (unpaired) electrons. The number of hydrogen-bond donors (Lipinski definition) is 2. The lowest BCUT2D eigenvalue weighted by molar-refractivity contribution is -0.125. The van der Waals surface area contributed by atoms with Gasteiger partial charge in [0.25, 0.3) is 5.91 Å². The molecule has 0 bridgehead atoms. The van der Waals surface area contributed by atoms with E-state index in [-0.39, 0.29) is 22.8 Å². The molecule has 1 aliphatic carbocycles. The molecule has 0 unspecified atom stereocenters. The van der Waals surface area contributed by atoms with Crippen molar-refractivity contribution in [2.75, 3.05) is 11.5 Å². The highest BCUT2D eigenvalue weighted by Crippen LogP contribution is 2.40. The molecule has 26 heavy (non-hydrogen) atoms. The monoisotopic (exact) mass is 398 g/mol. The quantitative estimate of drug-likeness (QED) is 0.746. The summed E-state index contributed by atoms with van der Waals surface area (Å²) in [5.74, 6) is -0.865. The first-order chi connectivity index (χ1) is 12.0. The Morgan fingerprint density at radius 3 is 2.54 bits per heavy atom. The van der Waals surface area contributed by atoms with Crippen LogP contribution in [-0.2, 0) is 27.5 Å². The van der Waals surface area contributed by atoms with E-state index in [9.17, 15) is 18.0 Å². The van der Waals surface area contributed by atoms with Crippen LogP contribution in [0.3, 0.4) is 0 Å². The first kappa shape index (κ1) is 19.4. The second kappa shape index (κ2) is 6.96. The minimum Gasteiger partial charge on any atom is -0.273 e.